The number of phenols is 1. The molecular formula is C14H20O4. The molecule has 1 aromatic rings. The van der Waals surface area contributed by atoms with Crippen LogP contribution in [0.4, 0.5) is 0 Å². The van der Waals surface area contributed by atoms with E-state index in [1.165, 1.54) is 7.11 Å². The van der Waals surface area contributed by atoms with Gasteiger partial charge in [0.2, 0.25) is 0 Å². The van der Waals surface area contributed by atoms with Crippen LogP contribution < -0.4 is 4.74 Å². The predicted molar refractivity (Wildman–Crippen MR) is 69.3 cm³/mol. The molecule has 0 fully saturated rings. The minimum absolute atomic E-state index is 0.0526. The van der Waals surface area contributed by atoms with Crippen molar-refractivity contribution in [2.24, 2.45) is 5.92 Å². The van der Waals surface area contributed by atoms with Crippen LogP contribution in [0.25, 0.3) is 0 Å². The molecule has 0 saturated carbocycles. The third-order valence-corrected chi connectivity index (χ3v) is 3.06. The van der Waals surface area contributed by atoms with Crippen LogP contribution >= 0.6 is 0 Å². The van der Waals surface area contributed by atoms with Gasteiger partial charge in [-0.2, -0.15) is 0 Å². The van der Waals surface area contributed by atoms with Gasteiger partial charge in [-0.15, -0.1) is 0 Å². The first-order valence-corrected chi connectivity index (χ1v) is 6.00. The topological polar surface area (TPSA) is 66.8 Å². The molecule has 0 heterocycles. The van der Waals surface area contributed by atoms with Crippen LogP contribution in [0.2, 0.25) is 0 Å². The Morgan fingerprint density at radius 2 is 1.94 bits per heavy atom. The summed E-state index contributed by atoms with van der Waals surface area (Å²) in [7, 11) is 1.48. The van der Waals surface area contributed by atoms with Crippen LogP contribution in [-0.2, 0) is 11.2 Å². The Morgan fingerprint density at radius 1 is 1.33 bits per heavy atom. The average Bonchev–Trinajstić information content (AvgIpc) is 2.30. The molecule has 4 nitrogen and oxygen atoms in total. The SMILES string of the molecule is COc1ccc(C(C)C)c(CC(C)C(=O)O)c1O. The fraction of sp³-hybridized carbons (Fsp3) is 0.500. The zero-order valence-corrected chi connectivity index (χ0v) is 11.2. The lowest BCUT2D eigenvalue weighted by atomic mass is 9.90. The molecule has 0 amide bonds. The molecule has 0 aromatic heterocycles. The summed E-state index contributed by atoms with van der Waals surface area (Å²) in [5.41, 5.74) is 1.63. The first-order chi connectivity index (χ1) is 8.38. The molecule has 1 rings (SSSR count). The van der Waals surface area contributed by atoms with Crippen LogP contribution in [-0.4, -0.2) is 23.3 Å². The van der Waals surface area contributed by atoms with Crippen LogP contribution in [0.3, 0.4) is 0 Å². The van der Waals surface area contributed by atoms with E-state index in [2.05, 4.69) is 0 Å². The van der Waals surface area contributed by atoms with Gasteiger partial charge in [0.25, 0.3) is 0 Å². The highest BCUT2D eigenvalue weighted by Crippen LogP contribution is 2.36. The molecule has 0 spiro atoms. The van der Waals surface area contributed by atoms with Gasteiger partial charge >= 0.3 is 5.97 Å². The van der Waals surface area contributed by atoms with Crippen molar-refractivity contribution in [1.82, 2.24) is 0 Å². The number of phenolic OH excluding ortho intramolecular Hbond substituents is 1. The molecule has 0 bridgehead atoms. The van der Waals surface area contributed by atoms with Crippen LogP contribution in [0, 0.1) is 5.92 Å². The second-order valence-electron chi connectivity index (χ2n) is 4.78. The summed E-state index contributed by atoms with van der Waals surface area (Å²) in [6.45, 7) is 5.65. The van der Waals surface area contributed by atoms with Gasteiger partial charge in [0.15, 0.2) is 11.5 Å². The fourth-order valence-corrected chi connectivity index (χ4v) is 1.94. The highest BCUT2D eigenvalue weighted by Gasteiger charge is 2.20. The van der Waals surface area contributed by atoms with E-state index < -0.39 is 11.9 Å². The van der Waals surface area contributed by atoms with E-state index >= 15 is 0 Å². The smallest absolute Gasteiger partial charge is 0.306 e. The Morgan fingerprint density at radius 3 is 2.39 bits per heavy atom. The first kappa shape index (κ1) is 14.4. The third kappa shape index (κ3) is 2.94. The average molecular weight is 252 g/mol. The third-order valence-electron chi connectivity index (χ3n) is 3.06. The number of hydrogen-bond acceptors (Lipinski definition) is 3. The zero-order valence-electron chi connectivity index (χ0n) is 11.2. The number of benzene rings is 1. The van der Waals surface area contributed by atoms with Crippen molar-refractivity contribution >= 4 is 5.97 Å². The largest absolute Gasteiger partial charge is 0.504 e. The molecule has 1 aromatic carbocycles. The maximum atomic E-state index is 10.9. The number of hydrogen-bond donors (Lipinski definition) is 2. The fourth-order valence-electron chi connectivity index (χ4n) is 1.94. The lowest BCUT2D eigenvalue weighted by molar-refractivity contribution is -0.141. The van der Waals surface area contributed by atoms with Gasteiger partial charge in [-0.1, -0.05) is 26.8 Å². The van der Waals surface area contributed by atoms with Crippen molar-refractivity contribution in [1.29, 1.82) is 0 Å². The molecule has 0 aliphatic rings. The number of carbonyl (C=O) groups is 1. The molecule has 100 valence electrons. The molecule has 1 unspecified atom stereocenters. The van der Waals surface area contributed by atoms with Gasteiger partial charge in [-0.3, -0.25) is 4.79 Å². The van der Waals surface area contributed by atoms with Crippen molar-refractivity contribution in [3.63, 3.8) is 0 Å². The number of rotatable bonds is 5. The lowest BCUT2D eigenvalue weighted by Crippen LogP contribution is -2.14. The Labute approximate surface area is 107 Å². The van der Waals surface area contributed by atoms with Crippen LogP contribution in [0.5, 0.6) is 11.5 Å². The van der Waals surface area contributed by atoms with E-state index in [0.717, 1.165) is 5.56 Å². The standard InChI is InChI=1S/C14H20O4/c1-8(2)10-5-6-12(18-4)13(15)11(10)7-9(3)14(16)17/h5-6,8-9,15H,7H2,1-4H3,(H,16,17). The highest BCUT2D eigenvalue weighted by atomic mass is 16.5. The quantitative estimate of drug-likeness (QED) is 0.845. The number of ether oxygens (including phenoxy) is 1. The van der Waals surface area contributed by atoms with Gasteiger partial charge in [0.1, 0.15) is 0 Å². The number of carboxylic acid groups (broad SMARTS) is 1. The molecular weight excluding hydrogens is 232 g/mol. The van der Waals surface area contributed by atoms with Crippen molar-refractivity contribution in [3.8, 4) is 11.5 Å². The summed E-state index contributed by atoms with van der Waals surface area (Å²) < 4.78 is 5.06. The minimum atomic E-state index is -0.869. The lowest BCUT2D eigenvalue weighted by Gasteiger charge is -2.18. The van der Waals surface area contributed by atoms with Crippen LogP contribution in [0.1, 0.15) is 37.8 Å². The Bertz CT molecular complexity index is 438. The summed E-state index contributed by atoms with van der Waals surface area (Å²) >= 11 is 0. The summed E-state index contributed by atoms with van der Waals surface area (Å²) in [6, 6.07) is 3.59. The summed E-state index contributed by atoms with van der Waals surface area (Å²) in [4.78, 5) is 10.9. The van der Waals surface area contributed by atoms with E-state index in [0.29, 0.717) is 17.7 Å². The van der Waals surface area contributed by atoms with Gasteiger partial charge in [-0.25, -0.2) is 0 Å². The van der Waals surface area contributed by atoms with Gasteiger partial charge in [-0.05, 0) is 24.0 Å². The Balaban J connectivity index is 3.23. The van der Waals surface area contributed by atoms with Crippen molar-refractivity contribution < 1.29 is 19.7 Å². The van der Waals surface area contributed by atoms with Crippen molar-refractivity contribution in [2.45, 2.75) is 33.1 Å². The van der Waals surface area contributed by atoms with Gasteiger partial charge in [0, 0.05) is 5.56 Å². The second kappa shape index (κ2) is 5.76. The van der Waals surface area contributed by atoms with E-state index in [4.69, 9.17) is 9.84 Å². The summed E-state index contributed by atoms with van der Waals surface area (Å²) in [5, 5.41) is 19.1. The summed E-state index contributed by atoms with van der Waals surface area (Å²) in [5.74, 6) is -0.756. The molecule has 0 saturated heterocycles. The number of aromatic hydroxyl groups is 1. The molecule has 4 heteroatoms. The summed E-state index contributed by atoms with van der Waals surface area (Å²) in [6.07, 6.45) is 0.297. The minimum Gasteiger partial charge on any atom is -0.504 e. The Kier molecular flexibility index (Phi) is 4.59. The van der Waals surface area contributed by atoms with Gasteiger partial charge < -0.3 is 14.9 Å². The monoisotopic (exact) mass is 252 g/mol. The van der Waals surface area contributed by atoms with E-state index in [-0.39, 0.29) is 11.7 Å². The molecule has 18 heavy (non-hydrogen) atoms. The Hall–Kier alpha value is -1.71. The van der Waals surface area contributed by atoms with E-state index in [9.17, 15) is 9.90 Å². The molecule has 1 atom stereocenters. The highest BCUT2D eigenvalue weighted by molar-refractivity contribution is 5.70. The van der Waals surface area contributed by atoms with Gasteiger partial charge in [0.05, 0.1) is 13.0 Å². The molecule has 2 N–H and O–H groups in total. The normalized spacial score (nSPS) is 12.5. The van der Waals surface area contributed by atoms with E-state index in [1.54, 1.807) is 13.0 Å². The number of aliphatic carboxylic acids is 1. The van der Waals surface area contributed by atoms with E-state index in [1.807, 2.05) is 19.9 Å². The molecule has 0 aliphatic heterocycles. The molecule has 0 aliphatic carbocycles. The number of methoxy groups -OCH3 is 1. The van der Waals surface area contributed by atoms with Crippen LogP contribution in [0.15, 0.2) is 12.1 Å². The maximum Gasteiger partial charge on any atom is 0.306 e. The zero-order chi connectivity index (χ0) is 13.9. The maximum absolute atomic E-state index is 10.9. The van der Waals surface area contributed by atoms with Crippen molar-refractivity contribution in [2.75, 3.05) is 7.11 Å². The second-order valence-corrected chi connectivity index (χ2v) is 4.78. The molecule has 0 radical (unpaired) electrons. The number of carboxylic acids is 1. The first-order valence-electron chi connectivity index (χ1n) is 6.00. The van der Waals surface area contributed by atoms with Crippen molar-refractivity contribution in [3.05, 3.63) is 23.3 Å². The predicted octanol–water partition coefficient (Wildman–Crippen LogP) is 2.79.